The second-order valence-electron chi connectivity index (χ2n) is 4.45. The lowest BCUT2D eigenvalue weighted by molar-refractivity contribution is 0.152. The molecule has 1 unspecified atom stereocenters. The first-order valence-electron chi connectivity index (χ1n) is 6.15. The first kappa shape index (κ1) is 14.4. The van der Waals surface area contributed by atoms with Crippen molar-refractivity contribution in [2.45, 2.75) is 12.6 Å². The zero-order valence-electron chi connectivity index (χ0n) is 10.5. The Kier molecular flexibility index (Phi) is 5.27. The molecule has 3 heterocycles. The summed E-state index contributed by atoms with van der Waals surface area (Å²) in [6.07, 6.45) is 3.73. The highest BCUT2D eigenvalue weighted by Gasteiger charge is 2.23. The number of hydrogen-bond acceptors (Lipinski definition) is 5. The van der Waals surface area contributed by atoms with E-state index in [1.807, 2.05) is 17.9 Å². The van der Waals surface area contributed by atoms with Gasteiger partial charge in [-0.1, -0.05) is 0 Å². The van der Waals surface area contributed by atoms with E-state index >= 15 is 0 Å². The maximum Gasteiger partial charge on any atom is 0.0795 e. The Hall–Kier alpha value is -1.01. The summed E-state index contributed by atoms with van der Waals surface area (Å²) < 4.78 is 0. The van der Waals surface area contributed by atoms with E-state index in [4.69, 9.17) is 0 Å². The third kappa shape index (κ3) is 3.51. The van der Waals surface area contributed by atoms with E-state index in [0.29, 0.717) is 6.04 Å². The summed E-state index contributed by atoms with van der Waals surface area (Å²) in [5, 5.41) is 5.59. The standard InChI is InChI=1S/C13H16N4S.ClH/c1-3-14-4-2-11(1)13-7-15-5-6-17(13)8-12-9-18-10-16-12;/h1-4,9-10,13,15H,5-8H2;1H. The van der Waals surface area contributed by atoms with Crippen LogP contribution in [0, 0.1) is 0 Å². The van der Waals surface area contributed by atoms with E-state index in [9.17, 15) is 0 Å². The highest BCUT2D eigenvalue weighted by atomic mass is 35.5. The van der Waals surface area contributed by atoms with Gasteiger partial charge in [0.05, 0.1) is 11.2 Å². The van der Waals surface area contributed by atoms with Gasteiger partial charge in [-0.15, -0.1) is 23.7 Å². The van der Waals surface area contributed by atoms with E-state index in [2.05, 4.69) is 37.7 Å². The lowest BCUT2D eigenvalue weighted by Crippen LogP contribution is -2.45. The van der Waals surface area contributed by atoms with Gasteiger partial charge in [0.15, 0.2) is 0 Å². The number of hydrogen-bond donors (Lipinski definition) is 1. The van der Waals surface area contributed by atoms with Gasteiger partial charge in [-0.2, -0.15) is 0 Å². The van der Waals surface area contributed by atoms with Crippen molar-refractivity contribution in [1.82, 2.24) is 20.2 Å². The Morgan fingerprint density at radius 1 is 1.37 bits per heavy atom. The number of nitrogens with one attached hydrogen (secondary N) is 1. The average Bonchev–Trinajstić information content (AvgIpc) is 2.93. The Balaban J connectivity index is 0.00000133. The van der Waals surface area contributed by atoms with Crippen molar-refractivity contribution >= 4 is 23.7 Å². The van der Waals surface area contributed by atoms with Crippen LogP contribution >= 0.6 is 23.7 Å². The van der Waals surface area contributed by atoms with Crippen molar-refractivity contribution < 1.29 is 0 Å². The zero-order chi connectivity index (χ0) is 12.2. The molecule has 1 N–H and O–H groups in total. The molecule has 0 aliphatic carbocycles. The average molecular weight is 297 g/mol. The topological polar surface area (TPSA) is 41.0 Å². The van der Waals surface area contributed by atoms with Crippen molar-refractivity contribution in [3.63, 3.8) is 0 Å². The molecule has 1 saturated heterocycles. The number of aromatic nitrogens is 2. The van der Waals surface area contributed by atoms with Crippen LogP contribution in [0.4, 0.5) is 0 Å². The Labute approximate surface area is 123 Å². The van der Waals surface area contributed by atoms with Gasteiger partial charge < -0.3 is 5.32 Å². The molecule has 1 atom stereocenters. The number of thiazole rings is 1. The predicted molar refractivity (Wildman–Crippen MR) is 79.6 cm³/mol. The molecular weight excluding hydrogens is 280 g/mol. The summed E-state index contributed by atoms with van der Waals surface area (Å²) in [5.74, 6) is 0. The van der Waals surface area contributed by atoms with E-state index < -0.39 is 0 Å². The molecule has 0 amide bonds. The minimum absolute atomic E-state index is 0. The molecule has 102 valence electrons. The molecule has 1 fully saturated rings. The van der Waals surface area contributed by atoms with Gasteiger partial charge in [-0.05, 0) is 17.7 Å². The van der Waals surface area contributed by atoms with Crippen molar-refractivity contribution in [3.8, 4) is 0 Å². The summed E-state index contributed by atoms with van der Waals surface area (Å²) in [6.45, 7) is 4.03. The smallest absolute Gasteiger partial charge is 0.0795 e. The van der Waals surface area contributed by atoms with Gasteiger partial charge >= 0.3 is 0 Å². The fourth-order valence-corrected chi connectivity index (χ4v) is 2.92. The van der Waals surface area contributed by atoms with Crippen LogP contribution in [-0.2, 0) is 6.54 Å². The van der Waals surface area contributed by atoms with Gasteiger partial charge in [0.2, 0.25) is 0 Å². The van der Waals surface area contributed by atoms with E-state index in [1.54, 1.807) is 11.3 Å². The maximum atomic E-state index is 4.38. The minimum Gasteiger partial charge on any atom is -0.314 e. The van der Waals surface area contributed by atoms with E-state index in [0.717, 1.165) is 26.2 Å². The van der Waals surface area contributed by atoms with Gasteiger partial charge in [0.1, 0.15) is 0 Å². The van der Waals surface area contributed by atoms with Crippen LogP contribution in [0.5, 0.6) is 0 Å². The maximum absolute atomic E-state index is 4.38. The van der Waals surface area contributed by atoms with Crippen LogP contribution in [0.25, 0.3) is 0 Å². The first-order valence-corrected chi connectivity index (χ1v) is 7.09. The van der Waals surface area contributed by atoms with Crippen LogP contribution in [0.2, 0.25) is 0 Å². The van der Waals surface area contributed by atoms with Crippen molar-refractivity contribution in [2.75, 3.05) is 19.6 Å². The largest absolute Gasteiger partial charge is 0.314 e. The molecule has 2 aromatic rings. The zero-order valence-corrected chi connectivity index (χ0v) is 12.2. The molecule has 0 saturated carbocycles. The predicted octanol–water partition coefficient (Wildman–Crippen LogP) is 2.11. The molecule has 3 rings (SSSR count). The van der Waals surface area contributed by atoms with Crippen LogP contribution < -0.4 is 5.32 Å². The number of nitrogens with zero attached hydrogens (tertiary/aromatic N) is 3. The third-order valence-corrected chi connectivity index (χ3v) is 3.93. The number of pyridine rings is 1. The fourth-order valence-electron chi connectivity index (χ4n) is 2.37. The first-order chi connectivity index (χ1) is 8.93. The molecule has 2 aromatic heterocycles. The second-order valence-corrected chi connectivity index (χ2v) is 5.17. The minimum atomic E-state index is 0. The fraction of sp³-hybridized carbons (Fsp3) is 0.385. The van der Waals surface area contributed by atoms with Crippen LogP contribution in [0.1, 0.15) is 17.3 Å². The molecule has 1 aliphatic heterocycles. The normalized spacial score (nSPS) is 19.9. The quantitative estimate of drug-likeness (QED) is 0.942. The Bertz CT molecular complexity index is 477. The summed E-state index contributed by atoms with van der Waals surface area (Å²) in [7, 11) is 0. The monoisotopic (exact) mass is 296 g/mol. The number of rotatable bonds is 3. The van der Waals surface area contributed by atoms with Crippen LogP contribution in [0.15, 0.2) is 35.4 Å². The highest BCUT2D eigenvalue weighted by Crippen LogP contribution is 2.23. The van der Waals surface area contributed by atoms with Crippen LogP contribution in [0.3, 0.4) is 0 Å². The SMILES string of the molecule is Cl.c1cc(C2CNCCN2Cc2cscn2)ccn1. The Morgan fingerprint density at radius 3 is 2.95 bits per heavy atom. The molecule has 1 aliphatic rings. The van der Waals surface area contributed by atoms with Crippen molar-refractivity contribution in [2.24, 2.45) is 0 Å². The van der Waals surface area contributed by atoms with Gasteiger partial charge in [0.25, 0.3) is 0 Å². The molecule has 4 nitrogen and oxygen atoms in total. The number of halogens is 1. The molecule has 0 radical (unpaired) electrons. The highest BCUT2D eigenvalue weighted by molar-refractivity contribution is 7.07. The van der Waals surface area contributed by atoms with Crippen molar-refractivity contribution in [3.05, 3.63) is 46.7 Å². The van der Waals surface area contributed by atoms with E-state index in [1.165, 1.54) is 11.3 Å². The molecule has 0 bridgehead atoms. The lowest BCUT2D eigenvalue weighted by Gasteiger charge is -2.36. The second kappa shape index (κ2) is 6.96. The lowest BCUT2D eigenvalue weighted by atomic mass is 10.0. The van der Waals surface area contributed by atoms with E-state index in [-0.39, 0.29) is 12.4 Å². The van der Waals surface area contributed by atoms with Gasteiger partial charge in [-0.25, -0.2) is 4.98 Å². The van der Waals surface area contributed by atoms with Gasteiger partial charge in [0, 0.05) is 50.0 Å². The molecule has 0 spiro atoms. The van der Waals surface area contributed by atoms with Gasteiger partial charge in [-0.3, -0.25) is 9.88 Å². The summed E-state index contributed by atoms with van der Waals surface area (Å²) in [4.78, 5) is 11.0. The molecule has 0 aromatic carbocycles. The third-order valence-electron chi connectivity index (χ3n) is 3.29. The molecular formula is C13H17ClN4S. The van der Waals surface area contributed by atoms with Crippen LogP contribution in [-0.4, -0.2) is 34.5 Å². The summed E-state index contributed by atoms with van der Waals surface area (Å²) in [5.41, 5.74) is 4.40. The Morgan fingerprint density at radius 2 is 2.21 bits per heavy atom. The molecule has 19 heavy (non-hydrogen) atoms. The van der Waals surface area contributed by atoms with Crippen molar-refractivity contribution in [1.29, 1.82) is 0 Å². The number of piperazine rings is 1. The summed E-state index contributed by atoms with van der Waals surface area (Å²) >= 11 is 1.66. The molecule has 6 heteroatoms. The summed E-state index contributed by atoms with van der Waals surface area (Å²) in [6, 6.07) is 4.63.